The molecular formula is C10H16O2. The minimum absolute atomic E-state index is 0.204. The summed E-state index contributed by atoms with van der Waals surface area (Å²) in [5.41, 5.74) is 0.204. The van der Waals surface area contributed by atoms with Crippen LogP contribution in [-0.2, 0) is 9.53 Å². The first-order chi connectivity index (χ1) is 7.65. The van der Waals surface area contributed by atoms with Crippen LogP contribution >= 0.6 is 0 Å². The summed E-state index contributed by atoms with van der Waals surface area (Å²) in [5, 5.41) is 0. The van der Waals surface area contributed by atoms with Gasteiger partial charge in [-0.25, -0.2) is 4.79 Å². The van der Waals surface area contributed by atoms with Crippen LogP contribution in [0.2, 0.25) is 0 Å². The average Bonchev–Trinajstić information content (AvgIpc) is 2.14. The highest BCUT2D eigenvalue weighted by Crippen LogP contribution is 2.06. The van der Waals surface area contributed by atoms with Gasteiger partial charge in [0.1, 0.15) is 0 Å². The van der Waals surface area contributed by atoms with Crippen LogP contribution in [0.5, 0.6) is 0 Å². The second-order valence-electron chi connectivity index (χ2n) is 2.17. The predicted octanol–water partition coefficient (Wildman–Crippen LogP) is 2.46. The molecule has 0 aromatic heterocycles. The maximum Gasteiger partial charge on any atom is 0.333 e. The van der Waals surface area contributed by atoms with E-state index in [0.717, 1.165) is 0 Å². The van der Waals surface area contributed by atoms with Crippen LogP contribution in [-0.4, -0.2) is 12.5 Å². The Morgan fingerprint density at radius 2 is 2.58 bits per heavy atom. The molecule has 0 fully saturated rings. The zero-order valence-electron chi connectivity index (χ0n) is 12.1. The fraction of sp³-hybridized carbons (Fsp3) is 0.500. The zero-order valence-corrected chi connectivity index (χ0v) is 7.09. The molecule has 68 valence electrons. The number of esters is 1. The molecule has 0 aliphatic carbocycles. The molecule has 0 aliphatic heterocycles. The van der Waals surface area contributed by atoms with E-state index in [-0.39, 0.29) is 5.57 Å². The lowest BCUT2D eigenvalue weighted by Crippen LogP contribution is -2.07. The van der Waals surface area contributed by atoms with Gasteiger partial charge in [0.2, 0.25) is 0 Å². The van der Waals surface area contributed by atoms with Crippen LogP contribution in [0.4, 0.5) is 0 Å². The number of hydrogen-bond donors (Lipinski definition) is 0. The van der Waals surface area contributed by atoms with Gasteiger partial charge in [-0.2, -0.15) is 0 Å². The Morgan fingerprint density at radius 1 is 1.83 bits per heavy atom. The normalized spacial score (nSPS) is 19.4. The van der Waals surface area contributed by atoms with Gasteiger partial charge in [0.25, 0.3) is 0 Å². The molecule has 0 aliphatic rings. The van der Waals surface area contributed by atoms with E-state index < -0.39 is 19.4 Å². The summed E-state index contributed by atoms with van der Waals surface area (Å²) >= 11 is 0. The van der Waals surface area contributed by atoms with Crippen molar-refractivity contribution in [3.63, 3.8) is 0 Å². The molecule has 0 rings (SSSR count). The van der Waals surface area contributed by atoms with Gasteiger partial charge in [0.05, 0.1) is 9.30 Å². The molecule has 12 heavy (non-hydrogen) atoms. The van der Waals surface area contributed by atoms with Crippen molar-refractivity contribution in [2.24, 2.45) is 0 Å². The minimum atomic E-state index is -3.01. The molecule has 0 unspecified atom stereocenters. The third kappa shape index (κ3) is 3.96. The highest BCUT2D eigenvalue weighted by atomic mass is 16.5. The van der Waals surface area contributed by atoms with Crippen molar-refractivity contribution < 1.29 is 16.4 Å². The molecule has 0 aromatic rings. The standard InChI is InChI=1S/C10H16O2/c1-4-7-9(8-5-2)10(11)12-6-3/h4,7H,1,5-6,8H2,2-3H3/b9-7+/i3D3,6D2. The summed E-state index contributed by atoms with van der Waals surface area (Å²) in [6.07, 6.45) is 3.80. The van der Waals surface area contributed by atoms with Gasteiger partial charge >= 0.3 is 5.97 Å². The van der Waals surface area contributed by atoms with E-state index in [9.17, 15) is 4.79 Å². The maximum atomic E-state index is 11.6. The summed E-state index contributed by atoms with van der Waals surface area (Å²) in [6.45, 7) is -0.737. The molecule has 0 N–H and O–H groups in total. The smallest absolute Gasteiger partial charge is 0.333 e. The van der Waals surface area contributed by atoms with Crippen LogP contribution in [0.1, 0.15) is 33.5 Å². The second-order valence-corrected chi connectivity index (χ2v) is 2.17. The Kier molecular flexibility index (Phi) is 2.69. The SMILES string of the molecule is [2H]C([2H])([2H])C([2H])([2H])OC(=O)/C(=C/C=C)CCC. The molecule has 2 heteroatoms. The Morgan fingerprint density at radius 3 is 3.08 bits per heavy atom. The first-order valence-corrected chi connectivity index (χ1v) is 3.70. The maximum absolute atomic E-state index is 11.6. The lowest BCUT2D eigenvalue weighted by molar-refractivity contribution is -0.138. The predicted molar refractivity (Wildman–Crippen MR) is 49.8 cm³/mol. The van der Waals surface area contributed by atoms with E-state index in [0.29, 0.717) is 12.8 Å². The molecule has 0 spiro atoms. The molecule has 0 heterocycles. The van der Waals surface area contributed by atoms with Crippen molar-refractivity contribution in [2.75, 3.05) is 6.56 Å². The van der Waals surface area contributed by atoms with Crippen molar-refractivity contribution in [3.05, 3.63) is 24.3 Å². The summed E-state index contributed by atoms with van der Waals surface area (Å²) in [4.78, 5) is 11.6. The van der Waals surface area contributed by atoms with E-state index in [1.807, 2.05) is 6.92 Å². The van der Waals surface area contributed by atoms with Crippen LogP contribution in [0.3, 0.4) is 0 Å². The van der Waals surface area contributed by atoms with Crippen molar-refractivity contribution in [3.8, 4) is 0 Å². The number of allylic oxidation sites excluding steroid dienone is 2. The molecule has 0 atom stereocenters. The summed E-state index contributed by atoms with van der Waals surface area (Å²) in [7, 11) is 0. The molecule has 0 amide bonds. The number of carbonyl (C=O) groups excluding carboxylic acids is 1. The Hall–Kier alpha value is -1.05. The van der Waals surface area contributed by atoms with Gasteiger partial charge < -0.3 is 4.74 Å². The number of carbonyl (C=O) groups is 1. The Balaban J connectivity index is 4.84. The molecule has 0 bridgehead atoms. The summed E-state index contributed by atoms with van der Waals surface area (Å²) < 4.78 is 39.5. The van der Waals surface area contributed by atoms with E-state index in [4.69, 9.17) is 6.85 Å². The highest BCUT2D eigenvalue weighted by molar-refractivity contribution is 5.88. The fourth-order valence-electron chi connectivity index (χ4n) is 0.777. The van der Waals surface area contributed by atoms with Crippen molar-refractivity contribution >= 4 is 5.97 Å². The molecular weight excluding hydrogens is 152 g/mol. The fourth-order valence-corrected chi connectivity index (χ4v) is 0.777. The van der Waals surface area contributed by atoms with Gasteiger partial charge in [0, 0.05) is 9.69 Å². The van der Waals surface area contributed by atoms with E-state index in [1.165, 1.54) is 12.2 Å². The molecule has 0 radical (unpaired) electrons. The van der Waals surface area contributed by atoms with Crippen molar-refractivity contribution in [1.82, 2.24) is 0 Å². The quantitative estimate of drug-likeness (QED) is 0.362. The topological polar surface area (TPSA) is 26.3 Å². The highest BCUT2D eigenvalue weighted by Gasteiger charge is 2.07. The Bertz CT molecular complexity index is 317. The van der Waals surface area contributed by atoms with Crippen molar-refractivity contribution in [1.29, 1.82) is 0 Å². The largest absolute Gasteiger partial charge is 0.463 e. The Labute approximate surface area is 80.9 Å². The second kappa shape index (κ2) is 6.65. The van der Waals surface area contributed by atoms with Gasteiger partial charge in [0.15, 0.2) is 0 Å². The van der Waals surface area contributed by atoms with Crippen LogP contribution < -0.4 is 0 Å². The molecule has 0 saturated carbocycles. The van der Waals surface area contributed by atoms with Gasteiger partial charge in [-0.1, -0.05) is 32.1 Å². The van der Waals surface area contributed by atoms with Crippen LogP contribution in [0, 0.1) is 0 Å². The van der Waals surface area contributed by atoms with E-state index in [1.54, 1.807) is 0 Å². The zero-order chi connectivity index (χ0) is 13.7. The van der Waals surface area contributed by atoms with Gasteiger partial charge in [-0.15, -0.1) is 0 Å². The van der Waals surface area contributed by atoms with E-state index in [2.05, 4.69) is 11.3 Å². The first-order valence-electron chi connectivity index (χ1n) is 6.20. The third-order valence-electron chi connectivity index (χ3n) is 1.24. The average molecular weight is 173 g/mol. The first kappa shape index (κ1) is 4.85. The van der Waals surface area contributed by atoms with Crippen LogP contribution in [0.15, 0.2) is 24.3 Å². The van der Waals surface area contributed by atoms with Crippen LogP contribution in [0.25, 0.3) is 0 Å². The number of ether oxygens (including phenoxy) is 1. The summed E-state index contributed by atoms with van der Waals surface area (Å²) in [5.74, 6) is -0.965. The van der Waals surface area contributed by atoms with Gasteiger partial charge in [-0.05, 0) is 13.3 Å². The van der Waals surface area contributed by atoms with Gasteiger partial charge in [-0.3, -0.25) is 0 Å². The summed E-state index contributed by atoms with van der Waals surface area (Å²) in [6, 6.07) is 0. The molecule has 0 aromatic carbocycles. The lowest BCUT2D eigenvalue weighted by atomic mass is 10.1. The molecule has 2 nitrogen and oxygen atoms in total. The number of hydrogen-bond acceptors (Lipinski definition) is 2. The minimum Gasteiger partial charge on any atom is -0.463 e. The third-order valence-corrected chi connectivity index (χ3v) is 1.24. The number of rotatable bonds is 5. The monoisotopic (exact) mass is 173 g/mol. The molecule has 0 saturated heterocycles. The lowest BCUT2D eigenvalue weighted by Gasteiger charge is -2.03. The van der Waals surface area contributed by atoms with E-state index >= 15 is 0 Å². The van der Waals surface area contributed by atoms with Crippen molar-refractivity contribution in [2.45, 2.75) is 26.6 Å².